The lowest BCUT2D eigenvalue weighted by Gasteiger charge is -2.27. The summed E-state index contributed by atoms with van der Waals surface area (Å²) in [7, 11) is 0. The zero-order valence-corrected chi connectivity index (χ0v) is 21.5. The van der Waals surface area contributed by atoms with Crippen molar-refractivity contribution in [1.29, 1.82) is 0 Å². The number of ether oxygens (including phenoxy) is 2. The predicted octanol–water partition coefficient (Wildman–Crippen LogP) is 6.89. The van der Waals surface area contributed by atoms with E-state index in [1.165, 1.54) is 0 Å². The Bertz CT molecular complexity index is 1050. The monoisotopic (exact) mass is 499 g/mol. The van der Waals surface area contributed by atoms with Gasteiger partial charge in [0, 0.05) is 15.5 Å². The summed E-state index contributed by atoms with van der Waals surface area (Å²) in [6.45, 7) is 5.12. The quantitative estimate of drug-likeness (QED) is 0.268. The van der Waals surface area contributed by atoms with Crippen LogP contribution in [0.1, 0.15) is 44.2 Å². The van der Waals surface area contributed by atoms with Gasteiger partial charge >= 0.3 is 0 Å². The van der Waals surface area contributed by atoms with Crippen molar-refractivity contribution in [2.24, 2.45) is 5.73 Å². The van der Waals surface area contributed by atoms with Crippen molar-refractivity contribution in [3.8, 4) is 11.5 Å². The molecule has 0 heterocycles. The fourth-order valence-corrected chi connectivity index (χ4v) is 5.07. The minimum Gasteiger partial charge on any atom is -0.494 e. The molecule has 0 saturated heterocycles. The molecular formula is C28H34ClNO3S. The van der Waals surface area contributed by atoms with Crippen molar-refractivity contribution in [3.63, 3.8) is 0 Å². The van der Waals surface area contributed by atoms with Gasteiger partial charge in [-0.2, -0.15) is 0 Å². The SMILES string of the molecule is CCC[C@](N)(CO)CCc1ccc(Sc2cc(OCC)ccc2OCc2ccccc2)cc1Cl. The lowest BCUT2D eigenvalue weighted by atomic mass is 9.89. The summed E-state index contributed by atoms with van der Waals surface area (Å²) >= 11 is 8.23. The van der Waals surface area contributed by atoms with Crippen molar-refractivity contribution in [2.45, 2.75) is 61.5 Å². The summed E-state index contributed by atoms with van der Waals surface area (Å²) in [5.74, 6) is 1.60. The third kappa shape index (κ3) is 7.67. The highest BCUT2D eigenvalue weighted by atomic mass is 35.5. The first kappa shape index (κ1) is 26.4. The molecule has 182 valence electrons. The highest BCUT2D eigenvalue weighted by Crippen LogP contribution is 2.39. The van der Waals surface area contributed by atoms with E-state index in [1.807, 2.05) is 67.6 Å². The van der Waals surface area contributed by atoms with Gasteiger partial charge in [0.15, 0.2) is 0 Å². The van der Waals surface area contributed by atoms with E-state index in [-0.39, 0.29) is 6.61 Å². The molecule has 0 bridgehead atoms. The number of hydrogen-bond acceptors (Lipinski definition) is 5. The molecule has 34 heavy (non-hydrogen) atoms. The Morgan fingerprint density at radius 3 is 2.44 bits per heavy atom. The van der Waals surface area contributed by atoms with Gasteiger partial charge < -0.3 is 20.3 Å². The van der Waals surface area contributed by atoms with Gasteiger partial charge in [0.25, 0.3) is 0 Å². The average molecular weight is 500 g/mol. The molecule has 0 spiro atoms. The lowest BCUT2D eigenvalue weighted by Crippen LogP contribution is -2.43. The van der Waals surface area contributed by atoms with Gasteiger partial charge in [-0.15, -0.1) is 0 Å². The Morgan fingerprint density at radius 1 is 0.971 bits per heavy atom. The minimum atomic E-state index is -0.559. The summed E-state index contributed by atoms with van der Waals surface area (Å²) in [6.07, 6.45) is 3.15. The van der Waals surface area contributed by atoms with Gasteiger partial charge in [0.1, 0.15) is 18.1 Å². The molecule has 0 aliphatic heterocycles. The molecule has 0 amide bonds. The lowest BCUT2D eigenvalue weighted by molar-refractivity contribution is 0.177. The normalized spacial score (nSPS) is 12.9. The third-order valence-electron chi connectivity index (χ3n) is 5.67. The maximum Gasteiger partial charge on any atom is 0.133 e. The average Bonchev–Trinajstić information content (AvgIpc) is 2.84. The Morgan fingerprint density at radius 2 is 1.76 bits per heavy atom. The number of aliphatic hydroxyl groups excluding tert-OH is 1. The van der Waals surface area contributed by atoms with Crippen LogP contribution in [-0.2, 0) is 13.0 Å². The molecular weight excluding hydrogens is 466 g/mol. The molecule has 0 aromatic heterocycles. The maximum absolute atomic E-state index is 9.69. The van der Waals surface area contributed by atoms with Crippen LogP contribution in [0.5, 0.6) is 11.5 Å². The molecule has 0 aliphatic carbocycles. The standard InChI is InChI=1S/C28H34ClNO3S/c1-3-15-28(30,20-31)16-14-22-10-12-24(18-25(22)29)34-27-17-23(32-4-2)11-13-26(27)33-19-21-8-6-5-7-9-21/h5-13,17-18,31H,3-4,14-16,19-20,30H2,1-2H3/t28-/m1/s1. The van der Waals surface area contributed by atoms with E-state index in [1.54, 1.807) is 11.8 Å². The zero-order chi connectivity index (χ0) is 24.4. The number of nitrogens with two attached hydrogens (primary N) is 1. The van der Waals surface area contributed by atoms with Crippen molar-refractivity contribution < 1.29 is 14.6 Å². The van der Waals surface area contributed by atoms with Crippen molar-refractivity contribution in [3.05, 3.63) is 82.9 Å². The fourth-order valence-electron chi connectivity index (χ4n) is 3.77. The Kier molecular flexibility index (Phi) is 10.1. The van der Waals surface area contributed by atoms with Crippen molar-refractivity contribution >= 4 is 23.4 Å². The Labute approximate surface area is 212 Å². The molecule has 1 atom stereocenters. The van der Waals surface area contributed by atoms with Gasteiger partial charge in [-0.3, -0.25) is 0 Å². The van der Waals surface area contributed by atoms with Crippen molar-refractivity contribution in [2.75, 3.05) is 13.2 Å². The molecule has 3 aromatic rings. The number of aryl methyl sites for hydroxylation is 1. The van der Waals surface area contributed by atoms with Crippen LogP contribution in [-0.4, -0.2) is 23.9 Å². The molecule has 3 N–H and O–H groups in total. The summed E-state index contributed by atoms with van der Waals surface area (Å²) in [6, 6.07) is 22.1. The first-order valence-corrected chi connectivity index (χ1v) is 13.0. The topological polar surface area (TPSA) is 64.7 Å². The molecule has 4 nitrogen and oxygen atoms in total. The number of benzene rings is 3. The van der Waals surface area contributed by atoms with Crippen LogP contribution < -0.4 is 15.2 Å². The number of halogens is 1. The summed E-state index contributed by atoms with van der Waals surface area (Å²) in [4.78, 5) is 1.98. The second-order valence-corrected chi connectivity index (χ2v) is 9.96. The molecule has 3 rings (SSSR count). The Balaban J connectivity index is 1.75. The summed E-state index contributed by atoms with van der Waals surface area (Å²) < 4.78 is 11.9. The van der Waals surface area contributed by atoms with E-state index in [4.69, 9.17) is 26.8 Å². The number of hydrogen-bond donors (Lipinski definition) is 2. The van der Waals surface area contributed by atoms with Gasteiger partial charge in [-0.25, -0.2) is 0 Å². The summed E-state index contributed by atoms with van der Waals surface area (Å²) in [5, 5.41) is 10.4. The molecule has 0 unspecified atom stereocenters. The second kappa shape index (κ2) is 13.1. The van der Waals surface area contributed by atoms with E-state index in [0.29, 0.717) is 24.7 Å². The molecule has 0 saturated carbocycles. The van der Waals surface area contributed by atoms with E-state index in [9.17, 15) is 5.11 Å². The van der Waals surface area contributed by atoms with E-state index in [0.717, 1.165) is 51.7 Å². The highest BCUT2D eigenvalue weighted by molar-refractivity contribution is 7.99. The number of aliphatic hydroxyl groups is 1. The van der Waals surface area contributed by atoms with Gasteiger partial charge in [-0.05, 0) is 67.6 Å². The molecule has 0 fully saturated rings. The van der Waals surface area contributed by atoms with Crippen LogP contribution in [0.15, 0.2) is 76.5 Å². The first-order chi connectivity index (χ1) is 16.5. The van der Waals surface area contributed by atoms with Crippen LogP contribution in [0.25, 0.3) is 0 Å². The molecule has 0 radical (unpaired) electrons. The van der Waals surface area contributed by atoms with Gasteiger partial charge in [-0.1, -0.05) is 73.1 Å². The number of rotatable bonds is 13. The first-order valence-electron chi connectivity index (χ1n) is 11.8. The molecule has 3 aromatic carbocycles. The third-order valence-corrected chi connectivity index (χ3v) is 7.05. The van der Waals surface area contributed by atoms with Crippen LogP contribution in [0.3, 0.4) is 0 Å². The highest BCUT2D eigenvalue weighted by Gasteiger charge is 2.23. The maximum atomic E-state index is 9.69. The van der Waals surface area contributed by atoms with Gasteiger partial charge in [0.2, 0.25) is 0 Å². The van der Waals surface area contributed by atoms with Crippen molar-refractivity contribution in [1.82, 2.24) is 0 Å². The summed E-state index contributed by atoms with van der Waals surface area (Å²) in [5.41, 5.74) is 7.93. The molecule has 0 aliphatic rings. The predicted molar refractivity (Wildman–Crippen MR) is 141 cm³/mol. The minimum absolute atomic E-state index is 0.0195. The largest absolute Gasteiger partial charge is 0.494 e. The van der Waals surface area contributed by atoms with Crippen LogP contribution in [0.2, 0.25) is 5.02 Å². The van der Waals surface area contributed by atoms with E-state index < -0.39 is 5.54 Å². The van der Waals surface area contributed by atoms with Crippen LogP contribution in [0, 0.1) is 0 Å². The second-order valence-electron chi connectivity index (χ2n) is 8.44. The Hall–Kier alpha value is -2.18. The fraction of sp³-hybridized carbons (Fsp3) is 0.357. The van der Waals surface area contributed by atoms with Crippen LogP contribution in [0.4, 0.5) is 0 Å². The van der Waals surface area contributed by atoms with Gasteiger partial charge in [0.05, 0.1) is 18.1 Å². The zero-order valence-electron chi connectivity index (χ0n) is 19.9. The molecule has 6 heteroatoms. The van der Waals surface area contributed by atoms with E-state index >= 15 is 0 Å². The van der Waals surface area contributed by atoms with Crippen LogP contribution >= 0.6 is 23.4 Å². The smallest absolute Gasteiger partial charge is 0.133 e. The van der Waals surface area contributed by atoms with E-state index in [2.05, 4.69) is 13.0 Å².